The SMILES string of the molecule is C.C.CCCOC(C)=O.CCCOC(C)=O.COCCOC(C)=O. The quantitative estimate of drug-likeness (QED) is 0.393. The summed E-state index contributed by atoms with van der Waals surface area (Å²) in [6.45, 7) is 10.0. The van der Waals surface area contributed by atoms with Crippen molar-refractivity contribution in [2.75, 3.05) is 33.5 Å². The van der Waals surface area contributed by atoms with Gasteiger partial charge in [0.15, 0.2) is 0 Å². The highest BCUT2D eigenvalue weighted by Gasteiger charge is 1.88. The molecule has 148 valence electrons. The lowest BCUT2D eigenvalue weighted by atomic mass is 10.5. The van der Waals surface area contributed by atoms with Gasteiger partial charge in [-0.2, -0.15) is 0 Å². The maximum atomic E-state index is 10.0. The van der Waals surface area contributed by atoms with E-state index in [9.17, 15) is 14.4 Å². The van der Waals surface area contributed by atoms with Gasteiger partial charge in [0, 0.05) is 27.9 Å². The lowest BCUT2D eigenvalue weighted by Gasteiger charge is -1.97. The van der Waals surface area contributed by atoms with Crippen LogP contribution >= 0.6 is 0 Å². The Bertz CT molecular complexity index is 260. The van der Waals surface area contributed by atoms with Gasteiger partial charge in [-0.25, -0.2) is 0 Å². The summed E-state index contributed by atoms with van der Waals surface area (Å²) in [5.41, 5.74) is 0. The molecule has 24 heavy (non-hydrogen) atoms. The molecule has 7 nitrogen and oxygen atoms in total. The second-order valence-electron chi connectivity index (χ2n) is 4.01. The first-order chi connectivity index (χ1) is 10.3. The zero-order valence-electron chi connectivity index (χ0n) is 14.6. The molecule has 0 bridgehead atoms. The topological polar surface area (TPSA) is 88.1 Å². The van der Waals surface area contributed by atoms with E-state index in [2.05, 4.69) is 18.9 Å². The molecule has 0 heterocycles. The van der Waals surface area contributed by atoms with E-state index in [1.165, 1.54) is 20.8 Å². The van der Waals surface area contributed by atoms with Crippen LogP contribution in [-0.4, -0.2) is 51.4 Å². The average Bonchev–Trinajstić information content (AvgIpc) is 2.44. The van der Waals surface area contributed by atoms with E-state index >= 15 is 0 Å². The van der Waals surface area contributed by atoms with E-state index in [4.69, 9.17) is 0 Å². The Hall–Kier alpha value is -1.63. The molecule has 0 unspecified atom stereocenters. The van der Waals surface area contributed by atoms with Crippen LogP contribution in [0.3, 0.4) is 0 Å². The number of ether oxygens (including phenoxy) is 4. The molecule has 0 aromatic heterocycles. The van der Waals surface area contributed by atoms with Crippen molar-refractivity contribution < 1.29 is 33.3 Å². The lowest BCUT2D eigenvalue weighted by Crippen LogP contribution is -2.05. The lowest BCUT2D eigenvalue weighted by molar-refractivity contribution is -0.142. The number of methoxy groups -OCH3 is 1. The third-order valence-corrected chi connectivity index (χ3v) is 1.61. The fourth-order valence-electron chi connectivity index (χ4n) is 0.760. The van der Waals surface area contributed by atoms with Crippen molar-refractivity contribution in [3.05, 3.63) is 0 Å². The summed E-state index contributed by atoms with van der Waals surface area (Å²) in [7, 11) is 1.56. The van der Waals surface area contributed by atoms with Gasteiger partial charge in [-0.3, -0.25) is 14.4 Å². The van der Waals surface area contributed by atoms with Crippen LogP contribution in [-0.2, 0) is 33.3 Å². The zero-order valence-corrected chi connectivity index (χ0v) is 14.6. The molecule has 0 fully saturated rings. The van der Waals surface area contributed by atoms with Gasteiger partial charge in [-0.1, -0.05) is 28.7 Å². The van der Waals surface area contributed by atoms with Crippen LogP contribution in [0.25, 0.3) is 0 Å². The third kappa shape index (κ3) is 59.1. The zero-order chi connectivity index (χ0) is 17.8. The van der Waals surface area contributed by atoms with Crippen LogP contribution in [0, 0.1) is 0 Å². The molecule has 0 atom stereocenters. The van der Waals surface area contributed by atoms with E-state index in [0.717, 1.165) is 12.8 Å². The van der Waals surface area contributed by atoms with E-state index in [1.807, 2.05) is 13.8 Å². The highest BCUT2D eigenvalue weighted by molar-refractivity contribution is 5.66. The Morgan fingerprint density at radius 2 is 0.917 bits per heavy atom. The number of rotatable bonds is 7. The summed E-state index contributed by atoms with van der Waals surface area (Å²) >= 11 is 0. The van der Waals surface area contributed by atoms with Crippen LogP contribution in [0.2, 0.25) is 0 Å². The summed E-state index contributed by atoms with van der Waals surface area (Å²) < 4.78 is 18.2. The Labute approximate surface area is 148 Å². The second kappa shape index (κ2) is 29.4. The molecule has 0 spiro atoms. The van der Waals surface area contributed by atoms with Gasteiger partial charge in [-0.05, 0) is 12.8 Å². The third-order valence-electron chi connectivity index (χ3n) is 1.61. The van der Waals surface area contributed by atoms with Crippen molar-refractivity contribution in [1.82, 2.24) is 0 Å². The van der Waals surface area contributed by atoms with Gasteiger partial charge < -0.3 is 18.9 Å². The molecule has 0 aliphatic heterocycles. The minimum Gasteiger partial charge on any atom is -0.466 e. The van der Waals surface area contributed by atoms with Crippen LogP contribution in [0.15, 0.2) is 0 Å². The maximum Gasteiger partial charge on any atom is 0.302 e. The van der Waals surface area contributed by atoms with Crippen molar-refractivity contribution in [1.29, 1.82) is 0 Å². The summed E-state index contributed by atoms with van der Waals surface area (Å²) in [5, 5.41) is 0. The van der Waals surface area contributed by atoms with Gasteiger partial charge in [0.25, 0.3) is 0 Å². The van der Waals surface area contributed by atoms with Crippen LogP contribution in [0.4, 0.5) is 0 Å². The Morgan fingerprint density at radius 1 is 0.625 bits per heavy atom. The first-order valence-corrected chi connectivity index (χ1v) is 7.20. The molecule has 0 aliphatic rings. The normalized spacial score (nSPS) is 7.75. The summed E-state index contributed by atoms with van der Waals surface area (Å²) in [4.78, 5) is 30.0. The van der Waals surface area contributed by atoms with E-state index in [1.54, 1.807) is 7.11 Å². The molecule has 0 saturated carbocycles. The highest BCUT2D eigenvalue weighted by Crippen LogP contribution is 1.79. The van der Waals surface area contributed by atoms with Crippen LogP contribution in [0.5, 0.6) is 0 Å². The molecule has 0 amide bonds. The van der Waals surface area contributed by atoms with Gasteiger partial charge >= 0.3 is 17.9 Å². The molecule has 0 aromatic carbocycles. The smallest absolute Gasteiger partial charge is 0.302 e. The van der Waals surface area contributed by atoms with E-state index in [0.29, 0.717) is 26.4 Å². The highest BCUT2D eigenvalue weighted by atomic mass is 16.6. The molecule has 0 N–H and O–H groups in total. The van der Waals surface area contributed by atoms with Gasteiger partial charge in [0.05, 0.1) is 19.8 Å². The maximum absolute atomic E-state index is 10.0. The first kappa shape index (κ1) is 33.9. The summed E-state index contributed by atoms with van der Waals surface area (Å²) in [5.74, 6) is -0.647. The number of carbonyl (C=O) groups is 3. The minimum atomic E-state index is -0.262. The van der Waals surface area contributed by atoms with E-state index in [-0.39, 0.29) is 32.8 Å². The summed E-state index contributed by atoms with van der Waals surface area (Å²) in [6, 6.07) is 0. The molecular weight excluding hydrogens is 316 g/mol. The fraction of sp³-hybridized carbons (Fsp3) is 0.824. The van der Waals surface area contributed by atoms with Crippen LogP contribution < -0.4 is 0 Å². The second-order valence-corrected chi connectivity index (χ2v) is 4.01. The van der Waals surface area contributed by atoms with Gasteiger partial charge in [0.2, 0.25) is 0 Å². The first-order valence-electron chi connectivity index (χ1n) is 7.20. The molecule has 0 saturated heterocycles. The van der Waals surface area contributed by atoms with Crippen molar-refractivity contribution >= 4 is 17.9 Å². The standard InChI is InChI=1S/C5H10O3.2C5H10O2.2CH4/c1-5(6)8-4-3-7-2;2*1-3-4-7-5(2)6;;/h3-4H2,1-2H3;2*3-4H2,1-2H3;2*1H4. The number of esters is 3. The molecule has 0 rings (SSSR count). The van der Waals surface area contributed by atoms with Gasteiger partial charge in [0.1, 0.15) is 6.61 Å². The Kier molecular flexibility index (Phi) is 41.5. The summed E-state index contributed by atoms with van der Waals surface area (Å²) in [6.07, 6.45) is 1.80. The van der Waals surface area contributed by atoms with E-state index < -0.39 is 0 Å². The van der Waals surface area contributed by atoms with Gasteiger partial charge in [-0.15, -0.1) is 0 Å². The van der Waals surface area contributed by atoms with Crippen molar-refractivity contribution in [3.63, 3.8) is 0 Å². The van der Waals surface area contributed by atoms with Crippen molar-refractivity contribution in [2.24, 2.45) is 0 Å². The predicted octanol–water partition coefficient (Wildman–Crippen LogP) is 3.39. The molecule has 7 heteroatoms. The number of hydrogen-bond donors (Lipinski definition) is 0. The largest absolute Gasteiger partial charge is 0.466 e. The average molecular weight is 354 g/mol. The number of carbonyl (C=O) groups excluding carboxylic acids is 3. The minimum absolute atomic E-state index is 0. The monoisotopic (exact) mass is 354 g/mol. The molecule has 0 radical (unpaired) electrons. The molecule has 0 aromatic rings. The molecule has 0 aliphatic carbocycles. The Morgan fingerprint density at radius 3 is 1.08 bits per heavy atom. The van der Waals surface area contributed by atoms with Crippen molar-refractivity contribution in [3.8, 4) is 0 Å². The number of hydrogen-bond acceptors (Lipinski definition) is 7. The molecular formula is C17H38O7. The van der Waals surface area contributed by atoms with Crippen molar-refractivity contribution in [2.45, 2.75) is 62.3 Å². The fourth-order valence-corrected chi connectivity index (χ4v) is 0.760. The predicted molar refractivity (Wildman–Crippen MR) is 95.8 cm³/mol. The van der Waals surface area contributed by atoms with Crippen LogP contribution in [0.1, 0.15) is 62.3 Å². The Balaban J connectivity index is -0.0000000724.